The fourth-order valence-electron chi connectivity index (χ4n) is 2.54. The Morgan fingerprint density at radius 2 is 1.77 bits per heavy atom. The van der Waals surface area contributed by atoms with E-state index in [4.69, 9.17) is 0 Å². The third kappa shape index (κ3) is 2.63. The number of nitro benzene ring substituents is 1. The zero-order chi connectivity index (χ0) is 15.5. The van der Waals surface area contributed by atoms with Gasteiger partial charge >= 0.3 is 0 Å². The van der Waals surface area contributed by atoms with E-state index in [0.29, 0.717) is 12.1 Å². The molecule has 6 nitrogen and oxygen atoms in total. The molecule has 0 aliphatic carbocycles. The molecule has 0 saturated carbocycles. The maximum atomic E-state index is 12.5. The number of benzene rings is 2. The Labute approximate surface area is 126 Å². The fraction of sp³-hybridized carbons (Fsp3) is 0.188. The van der Waals surface area contributed by atoms with Crippen molar-refractivity contribution >= 4 is 11.5 Å². The van der Waals surface area contributed by atoms with Crippen molar-refractivity contribution < 1.29 is 9.72 Å². The molecule has 0 aromatic heterocycles. The highest BCUT2D eigenvalue weighted by molar-refractivity contribution is 6.01. The lowest BCUT2D eigenvalue weighted by atomic mass is 9.88. The van der Waals surface area contributed by atoms with Gasteiger partial charge in [0.1, 0.15) is 6.04 Å². The van der Waals surface area contributed by atoms with Gasteiger partial charge in [-0.15, -0.1) is 0 Å². The molecule has 2 aromatic rings. The van der Waals surface area contributed by atoms with Crippen LogP contribution in [-0.2, 0) is 0 Å². The van der Waals surface area contributed by atoms with Crippen LogP contribution in [-0.4, -0.2) is 23.3 Å². The molecule has 0 spiro atoms. The van der Waals surface area contributed by atoms with E-state index in [1.165, 1.54) is 12.1 Å². The van der Waals surface area contributed by atoms with Crippen LogP contribution in [0.15, 0.2) is 64.8 Å². The number of carbonyl (C=O) groups excluding carboxylic acids is 1. The van der Waals surface area contributed by atoms with Crippen molar-refractivity contribution in [1.29, 1.82) is 0 Å². The number of nitrogens with zero attached hydrogens (tertiary/aromatic N) is 3. The topological polar surface area (TPSA) is 84.9 Å². The molecular formula is C16H13N3O3. The van der Waals surface area contributed by atoms with Gasteiger partial charge in [-0.3, -0.25) is 14.9 Å². The molecule has 22 heavy (non-hydrogen) atoms. The molecule has 0 unspecified atom stereocenters. The van der Waals surface area contributed by atoms with Crippen LogP contribution in [0.1, 0.15) is 21.8 Å². The average Bonchev–Trinajstić information content (AvgIpc) is 3.04. The number of hydrogen-bond acceptors (Lipinski definition) is 5. The largest absolute Gasteiger partial charge is 0.292 e. The van der Waals surface area contributed by atoms with E-state index in [0.717, 1.165) is 5.56 Å². The summed E-state index contributed by atoms with van der Waals surface area (Å²) in [5, 5.41) is 18.8. The van der Waals surface area contributed by atoms with E-state index in [9.17, 15) is 14.9 Å². The molecular weight excluding hydrogens is 282 g/mol. The Hall–Kier alpha value is -2.89. The quantitative estimate of drug-likeness (QED) is 0.492. The molecule has 0 N–H and O–H groups in total. The lowest BCUT2D eigenvalue weighted by molar-refractivity contribution is -0.384. The summed E-state index contributed by atoms with van der Waals surface area (Å²) < 4.78 is 0. The lowest BCUT2D eigenvalue weighted by Gasteiger charge is -2.15. The first-order valence-electron chi connectivity index (χ1n) is 6.87. The van der Waals surface area contributed by atoms with Crippen molar-refractivity contribution in [3.8, 4) is 0 Å². The van der Waals surface area contributed by atoms with Gasteiger partial charge in [0.15, 0.2) is 5.78 Å². The number of Topliss-reactive ketones (excluding diaryl/α,β-unsaturated/α-hetero) is 1. The van der Waals surface area contributed by atoms with Crippen LogP contribution in [0.3, 0.4) is 0 Å². The minimum absolute atomic E-state index is 0.0292. The Balaban J connectivity index is 1.85. The summed E-state index contributed by atoms with van der Waals surface area (Å²) in [6, 6.07) is 14.6. The van der Waals surface area contributed by atoms with Gasteiger partial charge in [0, 0.05) is 23.6 Å². The molecule has 110 valence electrons. The second kappa shape index (κ2) is 5.85. The van der Waals surface area contributed by atoms with E-state index in [1.807, 2.05) is 6.07 Å². The van der Waals surface area contributed by atoms with Gasteiger partial charge in [-0.05, 0) is 5.56 Å². The predicted octanol–water partition coefficient (Wildman–Crippen LogP) is 3.40. The first-order chi connectivity index (χ1) is 10.7. The highest BCUT2D eigenvalue weighted by Crippen LogP contribution is 2.31. The van der Waals surface area contributed by atoms with Gasteiger partial charge in [0.2, 0.25) is 0 Å². The van der Waals surface area contributed by atoms with E-state index in [2.05, 4.69) is 10.2 Å². The summed E-state index contributed by atoms with van der Waals surface area (Å²) >= 11 is 0. The Kier molecular flexibility index (Phi) is 3.74. The number of azo groups is 1. The molecule has 2 aromatic carbocycles. The van der Waals surface area contributed by atoms with Crippen LogP contribution in [0, 0.1) is 10.1 Å². The van der Waals surface area contributed by atoms with Crippen LogP contribution in [0.5, 0.6) is 0 Å². The van der Waals surface area contributed by atoms with Crippen molar-refractivity contribution in [3.63, 3.8) is 0 Å². The van der Waals surface area contributed by atoms with E-state index in [-0.39, 0.29) is 17.4 Å². The molecule has 0 radical (unpaired) electrons. The van der Waals surface area contributed by atoms with E-state index in [1.54, 1.807) is 36.4 Å². The summed E-state index contributed by atoms with van der Waals surface area (Å²) in [6.45, 7) is 0.418. The second-order valence-corrected chi connectivity index (χ2v) is 5.07. The van der Waals surface area contributed by atoms with Crippen LogP contribution in [0.4, 0.5) is 5.69 Å². The molecule has 0 amide bonds. The molecule has 0 saturated heterocycles. The van der Waals surface area contributed by atoms with Crippen molar-refractivity contribution in [2.75, 3.05) is 6.54 Å². The minimum Gasteiger partial charge on any atom is -0.292 e. The molecule has 3 rings (SSSR count). The van der Waals surface area contributed by atoms with Gasteiger partial charge in [-0.1, -0.05) is 42.5 Å². The number of non-ortho nitro benzene ring substituents is 1. The smallest absolute Gasteiger partial charge is 0.269 e. The monoisotopic (exact) mass is 295 g/mol. The zero-order valence-electron chi connectivity index (χ0n) is 11.6. The van der Waals surface area contributed by atoms with Crippen molar-refractivity contribution in [2.45, 2.75) is 12.0 Å². The van der Waals surface area contributed by atoms with Gasteiger partial charge in [-0.2, -0.15) is 10.2 Å². The summed E-state index contributed by atoms with van der Waals surface area (Å²) in [5.74, 6) is -0.251. The molecule has 0 bridgehead atoms. The highest BCUT2D eigenvalue weighted by atomic mass is 16.6. The molecule has 1 heterocycles. The first kappa shape index (κ1) is 14.1. The zero-order valence-corrected chi connectivity index (χ0v) is 11.6. The van der Waals surface area contributed by atoms with E-state index < -0.39 is 11.0 Å². The first-order valence-corrected chi connectivity index (χ1v) is 6.87. The third-order valence-electron chi connectivity index (χ3n) is 3.72. The Morgan fingerprint density at radius 1 is 1.09 bits per heavy atom. The van der Waals surface area contributed by atoms with Gasteiger partial charge < -0.3 is 0 Å². The number of nitro groups is 1. The Morgan fingerprint density at radius 3 is 2.41 bits per heavy atom. The van der Waals surface area contributed by atoms with Crippen molar-refractivity contribution in [3.05, 3.63) is 75.8 Å². The highest BCUT2D eigenvalue weighted by Gasteiger charge is 2.34. The third-order valence-corrected chi connectivity index (χ3v) is 3.72. The maximum Gasteiger partial charge on any atom is 0.269 e. The van der Waals surface area contributed by atoms with Gasteiger partial charge in [0.25, 0.3) is 5.69 Å². The summed E-state index contributed by atoms with van der Waals surface area (Å²) in [6.07, 6.45) is 0. The van der Waals surface area contributed by atoms with Gasteiger partial charge in [0.05, 0.1) is 11.5 Å². The summed E-state index contributed by atoms with van der Waals surface area (Å²) in [5.41, 5.74) is 1.46. The molecule has 0 fully saturated rings. The van der Waals surface area contributed by atoms with E-state index >= 15 is 0 Å². The molecule has 6 heteroatoms. The molecule has 1 aliphatic heterocycles. The predicted molar refractivity (Wildman–Crippen MR) is 80.1 cm³/mol. The Bertz CT molecular complexity index is 726. The standard InChI is InChI=1S/C16H13N3O3/c20-16(12-4-2-1-3-5-12)15-14(10-17-18-15)11-6-8-13(9-7-11)19(21)22/h1-9,14-15H,10H2/t14-,15-/m1/s1. The van der Waals surface area contributed by atoms with Crippen molar-refractivity contribution in [1.82, 2.24) is 0 Å². The second-order valence-electron chi connectivity index (χ2n) is 5.07. The van der Waals surface area contributed by atoms with Crippen LogP contribution < -0.4 is 0 Å². The van der Waals surface area contributed by atoms with Crippen LogP contribution in [0.25, 0.3) is 0 Å². The lowest BCUT2D eigenvalue weighted by Crippen LogP contribution is -2.24. The minimum atomic E-state index is -0.566. The fourth-order valence-corrected chi connectivity index (χ4v) is 2.54. The van der Waals surface area contributed by atoms with Crippen LogP contribution >= 0.6 is 0 Å². The average molecular weight is 295 g/mol. The molecule has 1 aliphatic rings. The van der Waals surface area contributed by atoms with Gasteiger partial charge in [-0.25, -0.2) is 0 Å². The number of carbonyl (C=O) groups is 1. The van der Waals surface area contributed by atoms with Crippen molar-refractivity contribution in [2.24, 2.45) is 10.2 Å². The molecule has 2 atom stereocenters. The number of ketones is 1. The number of hydrogen-bond donors (Lipinski definition) is 0. The maximum absolute atomic E-state index is 12.5. The summed E-state index contributed by atoms with van der Waals surface area (Å²) in [7, 11) is 0. The number of rotatable bonds is 4. The summed E-state index contributed by atoms with van der Waals surface area (Å²) in [4.78, 5) is 22.8. The SMILES string of the molecule is O=C(c1ccccc1)[C@@H]1N=NC[C@@H]1c1ccc([N+](=O)[O-])cc1. The van der Waals surface area contributed by atoms with Crippen LogP contribution in [0.2, 0.25) is 0 Å². The normalized spacial score (nSPS) is 20.0.